The van der Waals surface area contributed by atoms with Gasteiger partial charge in [-0.3, -0.25) is 4.79 Å². The molecule has 2 aromatic rings. The van der Waals surface area contributed by atoms with Gasteiger partial charge in [0.05, 0.1) is 13.2 Å². The van der Waals surface area contributed by atoms with Gasteiger partial charge in [0.1, 0.15) is 18.0 Å². The van der Waals surface area contributed by atoms with Crippen molar-refractivity contribution < 1.29 is 9.53 Å². The normalized spacial score (nSPS) is 18.2. The smallest absolute Gasteiger partial charge is 0.227 e. The third kappa shape index (κ3) is 4.42. The van der Waals surface area contributed by atoms with Crippen molar-refractivity contribution >= 4 is 23.2 Å². The summed E-state index contributed by atoms with van der Waals surface area (Å²) in [4.78, 5) is 25.9. The fraction of sp³-hybridized carbons (Fsp3) is 0.476. The molecule has 4 rings (SSSR count). The molecule has 0 unspecified atom stereocenters. The van der Waals surface area contributed by atoms with Crippen LogP contribution in [0.2, 0.25) is 0 Å². The van der Waals surface area contributed by atoms with Crippen LogP contribution in [0.4, 0.5) is 17.3 Å². The fourth-order valence-corrected chi connectivity index (χ4v) is 3.73. The number of anilines is 3. The molecule has 0 saturated carbocycles. The maximum Gasteiger partial charge on any atom is 0.227 e. The van der Waals surface area contributed by atoms with E-state index in [1.165, 1.54) is 5.56 Å². The van der Waals surface area contributed by atoms with Gasteiger partial charge in [-0.05, 0) is 31.9 Å². The van der Waals surface area contributed by atoms with E-state index in [9.17, 15) is 4.79 Å². The lowest BCUT2D eigenvalue weighted by Gasteiger charge is -2.33. The molecular formula is C21H27N5O2. The van der Waals surface area contributed by atoms with Gasteiger partial charge in [-0.1, -0.05) is 17.7 Å². The summed E-state index contributed by atoms with van der Waals surface area (Å²) in [5.74, 6) is 2.04. The molecule has 0 radical (unpaired) electrons. The number of amides is 1. The molecular weight excluding hydrogens is 354 g/mol. The molecule has 2 aliphatic heterocycles. The molecule has 7 heteroatoms. The van der Waals surface area contributed by atoms with E-state index in [4.69, 9.17) is 4.74 Å². The Kier molecular flexibility index (Phi) is 5.71. The van der Waals surface area contributed by atoms with Crippen LogP contribution >= 0.6 is 0 Å². The van der Waals surface area contributed by atoms with Crippen LogP contribution < -0.4 is 15.1 Å². The molecule has 1 aromatic carbocycles. The molecule has 28 heavy (non-hydrogen) atoms. The molecule has 0 spiro atoms. The number of ether oxygens (including phenoxy) is 1. The Morgan fingerprint density at radius 3 is 2.25 bits per heavy atom. The third-order valence-electron chi connectivity index (χ3n) is 5.48. The van der Waals surface area contributed by atoms with Crippen LogP contribution in [-0.2, 0) is 9.53 Å². The third-order valence-corrected chi connectivity index (χ3v) is 5.48. The number of carbonyl (C=O) groups excluding carboxylic acids is 1. The van der Waals surface area contributed by atoms with Crippen molar-refractivity contribution in [2.45, 2.75) is 19.8 Å². The standard InChI is InChI=1S/C21H27N5O2/c1-16-2-4-18(5-3-16)24-21(27)17-6-8-25(9-7-17)19-14-20(23-15-22-19)26-10-12-28-13-11-26/h2-5,14-15,17H,6-13H2,1H3,(H,24,27). The summed E-state index contributed by atoms with van der Waals surface area (Å²) in [5, 5.41) is 3.04. The van der Waals surface area contributed by atoms with Crippen molar-refractivity contribution in [2.24, 2.45) is 5.92 Å². The monoisotopic (exact) mass is 381 g/mol. The largest absolute Gasteiger partial charge is 0.378 e. The molecule has 1 amide bonds. The summed E-state index contributed by atoms with van der Waals surface area (Å²) in [5.41, 5.74) is 2.05. The van der Waals surface area contributed by atoms with Crippen LogP contribution in [0, 0.1) is 12.8 Å². The number of piperidine rings is 1. The van der Waals surface area contributed by atoms with Gasteiger partial charge in [-0.2, -0.15) is 0 Å². The van der Waals surface area contributed by atoms with E-state index in [-0.39, 0.29) is 11.8 Å². The van der Waals surface area contributed by atoms with Crippen molar-refractivity contribution in [1.29, 1.82) is 0 Å². The van der Waals surface area contributed by atoms with Gasteiger partial charge >= 0.3 is 0 Å². The molecule has 1 aromatic heterocycles. The molecule has 1 N–H and O–H groups in total. The lowest BCUT2D eigenvalue weighted by atomic mass is 9.95. The maximum absolute atomic E-state index is 12.6. The fourth-order valence-electron chi connectivity index (χ4n) is 3.73. The van der Waals surface area contributed by atoms with Gasteiger partial charge in [0, 0.05) is 43.9 Å². The predicted octanol–water partition coefficient (Wildman–Crippen LogP) is 2.48. The quantitative estimate of drug-likeness (QED) is 0.877. The lowest BCUT2D eigenvalue weighted by molar-refractivity contribution is -0.120. The van der Waals surface area contributed by atoms with Crippen molar-refractivity contribution in [1.82, 2.24) is 9.97 Å². The Morgan fingerprint density at radius 2 is 1.61 bits per heavy atom. The Bertz CT molecular complexity index is 797. The van der Waals surface area contributed by atoms with Crippen LogP contribution in [0.25, 0.3) is 0 Å². The van der Waals surface area contributed by atoms with Gasteiger partial charge in [-0.15, -0.1) is 0 Å². The van der Waals surface area contributed by atoms with Gasteiger partial charge in [0.2, 0.25) is 5.91 Å². The second-order valence-electron chi connectivity index (χ2n) is 7.45. The van der Waals surface area contributed by atoms with Crippen molar-refractivity contribution in [3.63, 3.8) is 0 Å². The minimum Gasteiger partial charge on any atom is -0.378 e. The number of rotatable bonds is 4. The van der Waals surface area contributed by atoms with Crippen LogP contribution in [0.3, 0.4) is 0 Å². The zero-order chi connectivity index (χ0) is 19.3. The van der Waals surface area contributed by atoms with Crippen LogP contribution in [-0.4, -0.2) is 55.3 Å². The number of carbonyl (C=O) groups is 1. The number of aryl methyl sites for hydroxylation is 1. The number of hydrogen-bond acceptors (Lipinski definition) is 6. The zero-order valence-electron chi connectivity index (χ0n) is 16.3. The van der Waals surface area contributed by atoms with E-state index in [1.54, 1.807) is 6.33 Å². The lowest BCUT2D eigenvalue weighted by Crippen LogP contribution is -2.39. The zero-order valence-corrected chi connectivity index (χ0v) is 16.3. The van der Waals surface area contributed by atoms with E-state index in [1.807, 2.05) is 31.2 Å². The summed E-state index contributed by atoms with van der Waals surface area (Å²) < 4.78 is 5.42. The second-order valence-corrected chi connectivity index (χ2v) is 7.45. The summed E-state index contributed by atoms with van der Waals surface area (Å²) in [6.07, 6.45) is 3.29. The van der Waals surface area contributed by atoms with Crippen molar-refractivity contribution in [3.8, 4) is 0 Å². The summed E-state index contributed by atoms with van der Waals surface area (Å²) in [7, 11) is 0. The minimum absolute atomic E-state index is 0.0399. The van der Waals surface area contributed by atoms with Crippen LogP contribution in [0.1, 0.15) is 18.4 Å². The van der Waals surface area contributed by atoms with E-state index < -0.39 is 0 Å². The first-order valence-electron chi connectivity index (χ1n) is 9.96. The van der Waals surface area contributed by atoms with Gasteiger partial charge in [0.15, 0.2) is 0 Å². The number of aromatic nitrogens is 2. The molecule has 0 bridgehead atoms. The van der Waals surface area contributed by atoms with Gasteiger partial charge < -0.3 is 19.9 Å². The Morgan fingerprint density at radius 1 is 1.00 bits per heavy atom. The number of hydrogen-bond donors (Lipinski definition) is 1. The Labute approximate surface area is 165 Å². The Balaban J connectivity index is 1.33. The van der Waals surface area contributed by atoms with Crippen LogP contribution in [0.15, 0.2) is 36.7 Å². The number of benzene rings is 1. The highest BCUT2D eigenvalue weighted by Crippen LogP contribution is 2.25. The molecule has 2 fully saturated rings. The minimum atomic E-state index is 0.0399. The van der Waals surface area contributed by atoms with E-state index in [0.717, 1.165) is 69.6 Å². The van der Waals surface area contributed by atoms with Crippen LogP contribution in [0.5, 0.6) is 0 Å². The van der Waals surface area contributed by atoms with E-state index in [2.05, 4.69) is 31.2 Å². The maximum atomic E-state index is 12.6. The van der Waals surface area contributed by atoms with E-state index >= 15 is 0 Å². The number of nitrogens with one attached hydrogen (secondary N) is 1. The van der Waals surface area contributed by atoms with Crippen molar-refractivity contribution in [3.05, 3.63) is 42.2 Å². The highest BCUT2D eigenvalue weighted by Gasteiger charge is 2.26. The average molecular weight is 381 g/mol. The highest BCUT2D eigenvalue weighted by molar-refractivity contribution is 5.92. The number of morpholine rings is 1. The molecule has 3 heterocycles. The summed E-state index contributed by atoms with van der Waals surface area (Å²) in [6.45, 7) is 6.88. The Hall–Kier alpha value is -2.67. The molecule has 148 valence electrons. The highest BCUT2D eigenvalue weighted by atomic mass is 16.5. The molecule has 0 atom stereocenters. The first-order chi connectivity index (χ1) is 13.7. The summed E-state index contributed by atoms with van der Waals surface area (Å²) in [6, 6.07) is 9.99. The first-order valence-corrected chi connectivity index (χ1v) is 9.96. The SMILES string of the molecule is Cc1ccc(NC(=O)C2CCN(c3cc(N4CCOCC4)ncn3)CC2)cc1. The number of nitrogens with zero attached hydrogens (tertiary/aromatic N) is 4. The molecule has 2 aliphatic rings. The van der Waals surface area contributed by atoms with Crippen molar-refractivity contribution in [2.75, 3.05) is 54.5 Å². The molecule has 7 nitrogen and oxygen atoms in total. The van der Waals surface area contributed by atoms with Gasteiger partial charge in [0.25, 0.3) is 0 Å². The molecule has 2 saturated heterocycles. The van der Waals surface area contributed by atoms with Gasteiger partial charge in [-0.25, -0.2) is 9.97 Å². The second kappa shape index (κ2) is 8.56. The first kappa shape index (κ1) is 18.7. The van der Waals surface area contributed by atoms with E-state index in [0.29, 0.717) is 0 Å². The topological polar surface area (TPSA) is 70.6 Å². The average Bonchev–Trinajstić information content (AvgIpc) is 2.76. The summed E-state index contributed by atoms with van der Waals surface area (Å²) >= 11 is 0. The predicted molar refractivity (Wildman–Crippen MR) is 110 cm³/mol. The molecule has 0 aliphatic carbocycles.